The van der Waals surface area contributed by atoms with Crippen LogP contribution < -0.4 is 5.73 Å². The Morgan fingerprint density at radius 1 is 1.44 bits per heavy atom. The lowest BCUT2D eigenvalue weighted by Gasteiger charge is -2.01. The number of hydrogen-bond acceptors (Lipinski definition) is 4. The zero-order chi connectivity index (χ0) is 13.3. The van der Waals surface area contributed by atoms with Gasteiger partial charge >= 0.3 is 0 Å². The first-order valence-electron chi connectivity index (χ1n) is 5.02. The number of aryl methyl sites for hydroxylation is 1. The molecular weight excluding hydrogens is 242 g/mol. The molecule has 1 aromatic carbocycles. The molecule has 0 saturated carbocycles. The maximum Gasteiger partial charge on any atom is 0.221 e. The van der Waals surface area contributed by atoms with Crippen LogP contribution >= 0.6 is 0 Å². The summed E-state index contributed by atoms with van der Waals surface area (Å²) >= 11 is 0. The molecule has 0 aliphatic heterocycles. The van der Waals surface area contributed by atoms with Crippen molar-refractivity contribution in [3.8, 4) is 5.75 Å². The van der Waals surface area contributed by atoms with Crippen molar-refractivity contribution < 1.29 is 13.9 Å². The molecule has 0 spiro atoms. The molecule has 1 heterocycles. The van der Waals surface area contributed by atoms with Gasteiger partial charge in [0.2, 0.25) is 5.95 Å². The summed E-state index contributed by atoms with van der Waals surface area (Å²) in [5.41, 5.74) is 5.81. The molecule has 0 saturated heterocycles. The van der Waals surface area contributed by atoms with Crippen molar-refractivity contribution in [2.45, 2.75) is 6.92 Å². The van der Waals surface area contributed by atoms with Gasteiger partial charge in [0.15, 0.2) is 11.6 Å². The van der Waals surface area contributed by atoms with Crippen molar-refractivity contribution in [3.63, 3.8) is 0 Å². The number of aromatic hydroxyl groups is 1. The Kier molecular flexibility index (Phi) is 2.97. The van der Waals surface area contributed by atoms with Crippen LogP contribution in [0.15, 0.2) is 23.4 Å². The van der Waals surface area contributed by atoms with Crippen LogP contribution in [0, 0.1) is 18.6 Å². The number of phenols is 1. The van der Waals surface area contributed by atoms with E-state index in [9.17, 15) is 13.9 Å². The zero-order valence-corrected chi connectivity index (χ0v) is 9.43. The van der Waals surface area contributed by atoms with E-state index < -0.39 is 17.4 Å². The average Bonchev–Trinajstić information content (AvgIpc) is 2.63. The minimum Gasteiger partial charge on any atom is -0.507 e. The van der Waals surface area contributed by atoms with E-state index >= 15 is 0 Å². The Balaban J connectivity index is 2.40. The van der Waals surface area contributed by atoms with Crippen LogP contribution in [-0.4, -0.2) is 21.0 Å². The Hall–Kier alpha value is -2.44. The molecule has 2 aromatic rings. The minimum absolute atomic E-state index is 0.111. The van der Waals surface area contributed by atoms with Crippen molar-refractivity contribution in [1.82, 2.24) is 9.66 Å². The SMILES string of the molecule is Cc1cn(N=Cc2c(O)ccc(F)c2F)c(N)n1. The molecule has 7 heteroatoms. The highest BCUT2D eigenvalue weighted by atomic mass is 19.2. The van der Waals surface area contributed by atoms with E-state index in [0.29, 0.717) is 5.69 Å². The van der Waals surface area contributed by atoms with Crippen molar-refractivity contribution in [2.75, 3.05) is 5.73 Å². The summed E-state index contributed by atoms with van der Waals surface area (Å²) in [6.45, 7) is 1.71. The highest BCUT2D eigenvalue weighted by Crippen LogP contribution is 2.20. The fourth-order valence-corrected chi connectivity index (χ4v) is 1.40. The third-order valence-corrected chi connectivity index (χ3v) is 2.26. The second-order valence-electron chi connectivity index (χ2n) is 3.62. The number of halogens is 2. The van der Waals surface area contributed by atoms with Gasteiger partial charge in [-0.2, -0.15) is 5.10 Å². The number of nitrogen functional groups attached to an aromatic ring is 1. The van der Waals surface area contributed by atoms with Crippen LogP contribution in [0.4, 0.5) is 14.7 Å². The lowest BCUT2D eigenvalue weighted by molar-refractivity contribution is 0.453. The quantitative estimate of drug-likeness (QED) is 0.798. The summed E-state index contributed by atoms with van der Waals surface area (Å²) in [5, 5.41) is 13.2. The van der Waals surface area contributed by atoms with E-state index in [1.807, 2.05) is 0 Å². The highest BCUT2D eigenvalue weighted by Gasteiger charge is 2.11. The Morgan fingerprint density at radius 2 is 2.17 bits per heavy atom. The topological polar surface area (TPSA) is 76.4 Å². The largest absolute Gasteiger partial charge is 0.507 e. The van der Waals surface area contributed by atoms with E-state index in [0.717, 1.165) is 18.3 Å². The zero-order valence-electron chi connectivity index (χ0n) is 9.43. The third-order valence-electron chi connectivity index (χ3n) is 2.26. The highest BCUT2D eigenvalue weighted by molar-refractivity contribution is 5.83. The third kappa shape index (κ3) is 2.15. The predicted molar refractivity (Wildman–Crippen MR) is 62.4 cm³/mol. The number of benzene rings is 1. The molecule has 94 valence electrons. The number of hydrogen-bond donors (Lipinski definition) is 2. The summed E-state index contributed by atoms with van der Waals surface area (Å²) in [5.74, 6) is -2.54. The number of aromatic nitrogens is 2. The number of nitrogens with two attached hydrogens (primary N) is 1. The van der Waals surface area contributed by atoms with Crippen LogP contribution in [0.1, 0.15) is 11.3 Å². The van der Waals surface area contributed by atoms with Gasteiger partial charge in [0.1, 0.15) is 5.75 Å². The van der Waals surface area contributed by atoms with Gasteiger partial charge in [0.05, 0.1) is 23.7 Å². The molecule has 0 aliphatic rings. The van der Waals surface area contributed by atoms with E-state index in [-0.39, 0.29) is 11.5 Å². The summed E-state index contributed by atoms with van der Waals surface area (Å²) in [7, 11) is 0. The molecule has 1 aromatic heterocycles. The first-order chi connectivity index (χ1) is 8.49. The van der Waals surface area contributed by atoms with Crippen LogP contribution in [-0.2, 0) is 0 Å². The lowest BCUT2D eigenvalue weighted by atomic mass is 10.2. The average molecular weight is 252 g/mol. The van der Waals surface area contributed by atoms with E-state index in [2.05, 4.69) is 10.1 Å². The standard InChI is InChI=1S/C11H10F2N4O/c1-6-5-17(11(14)16-6)15-4-7-9(18)3-2-8(12)10(7)13/h2-5,18H,1H3,(H2,14,16). The van der Waals surface area contributed by atoms with Gasteiger partial charge in [-0.25, -0.2) is 18.4 Å². The monoisotopic (exact) mass is 252 g/mol. The van der Waals surface area contributed by atoms with E-state index in [1.165, 1.54) is 10.9 Å². The summed E-state index contributed by atoms with van der Waals surface area (Å²) in [6.07, 6.45) is 2.49. The fraction of sp³-hybridized carbons (Fsp3) is 0.0909. The van der Waals surface area contributed by atoms with Gasteiger partial charge in [-0.3, -0.25) is 0 Å². The molecular formula is C11H10F2N4O. The second kappa shape index (κ2) is 4.44. The van der Waals surface area contributed by atoms with E-state index in [1.54, 1.807) is 6.92 Å². The first-order valence-corrected chi connectivity index (χ1v) is 5.02. The molecule has 0 fully saturated rings. The summed E-state index contributed by atoms with van der Waals surface area (Å²) in [6, 6.07) is 1.88. The van der Waals surface area contributed by atoms with Crippen LogP contribution in [0.25, 0.3) is 0 Å². The van der Waals surface area contributed by atoms with Crippen molar-refractivity contribution in [2.24, 2.45) is 5.10 Å². The molecule has 0 aliphatic carbocycles. The number of phenolic OH excluding ortho intramolecular Hbond substituents is 1. The molecule has 0 unspecified atom stereocenters. The molecule has 0 bridgehead atoms. The Morgan fingerprint density at radius 3 is 2.78 bits per heavy atom. The van der Waals surface area contributed by atoms with Crippen molar-refractivity contribution in [3.05, 3.63) is 41.2 Å². The van der Waals surface area contributed by atoms with Gasteiger partial charge in [0.25, 0.3) is 0 Å². The maximum atomic E-state index is 13.4. The molecule has 0 amide bonds. The van der Waals surface area contributed by atoms with Crippen molar-refractivity contribution >= 4 is 12.2 Å². The van der Waals surface area contributed by atoms with Gasteiger partial charge in [-0.15, -0.1) is 0 Å². The minimum atomic E-state index is -1.17. The van der Waals surface area contributed by atoms with Crippen LogP contribution in [0.5, 0.6) is 5.75 Å². The number of rotatable bonds is 2. The van der Waals surface area contributed by atoms with Gasteiger partial charge in [-0.05, 0) is 19.1 Å². The Bertz CT molecular complexity index is 622. The Labute approximate surface area is 101 Å². The van der Waals surface area contributed by atoms with Crippen LogP contribution in [0.2, 0.25) is 0 Å². The molecule has 5 nitrogen and oxygen atoms in total. The van der Waals surface area contributed by atoms with Gasteiger partial charge in [-0.1, -0.05) is 0 Å². The first kappa shape index (κ1) is 12.0. The number of nitrogens with zero attached hydrogens (tertiary/aromatic N) is 3. The fourth-order valence-electron chi connectivity index (χ4n) is 1.40. The normalized spacial score (nSPS) is 11.3. The molecule has 0 radical (unpaired) electrons. The lowest BCUT2D eigenvalue weighted by Crippen LogP contribution is -1.99. The predicted octanol–water partition coefficient (Wildman–Crippen LogP) is 1.64. The summed E-state index contributed by atoms with van der Waals surface area (Å²) in [4.78, 5) is 3.88. The molecule has 3 N–H and O–H groups in total. The number of imidazole rings is 1. The molecule has 18 heavy (non-hydrogen) atoms. The summed E-state index contributed by atoms with van der Waals surface area (Å²) < 4.78 is 27.6. The smallest absolute Gasteiger partial charge is 0.221 e. The maximum absolute atomic E-state index is 13.4. The molecule has 2 rings (SSSR count). The van der Waals surface area contributed by atoms with Crippen molar-refractivity contribution in [1.29, 1.82) is 0 Å². The molecule has 0 atom stereocenters. The number of anilines is 1. The van der Waals surface area contributed by atoms with Gasteiger partial charge < -0.3 is 10.8 Å². The van der Waals surface area contributed by atoms with E-state index in [4.69, 9.17) is 5.73 Å². The second-order valence-corrected chi connectivity index (χ2v) is 3.62. The van der Waals surface area contributed by atoms with Gasteiger partial charge in [0, 0.05) is 0 Å². The van der Waals surface area contributed by atoms with Crippen LogP contribution in [0.3, 0.4) is 0 Å².